The fourth-order valence-electron chi connectivity index (χ4n) is 2.63. The SMILES string of the molecule is CCOC(=O)c1ccc(Nc2cc(C)nc(Nc3ccc(Cl)cc3C)n2)cc1. The summed E-state index contributed by atoms with van der Waals surface area (Å²) < 4.78 is 4.99. The van der Waals surface area contributed by atoms with E-state index in [1.165, 1.54) is 0 Å². The molecule has 6 nitrogen and oxygen atoms in total. The average Bonchev–Trinajstić information content (AvgIpc) is 2.64. The van der Waals surface area contributed by atoms with Gasteiger partial charge in [-0.1, -0.05) is 11.6 Å². The molecule has 0 spiro atoms. The summed E-state index contributed by atoms with van der Waals surface area (Å²) in [6.07, 6.45) is 0. The van der Waals surface area contributed by atoms with Crippen molar-refractivity contribution in [2.45, 2.75) is 20.8 Å². The number of carbonyl (C=O) groups is 1. The highest BCUT2D eigenvalue weighted by Crippen LogP contribution is 2.24. The molecule has 1 heterocycles. The van der Waals surface area contributed by atoms with Crippen molar-refractivity contribution in [2.24, 2.45) is 0 Å². The molecule has 3 aromatic rings. The summed E-state index contributed by atoms with van der Waals surface area (Å²) >= 11 is 6.01. The van der Waals surface area contributed by atoms with Crippen molar-refractivity contribution in [1.29, 1.82) is 0 Å². The van der Waals surface area contributed by atoms with Gasteiger partial charge < -0.3 is 15.4 Å². The Morgan fingerprint density at radius 3 is 2.46 bits per heavy atom. The van der Waals surface area contributed by atoms with Crippen molar-refractivity contribution in [2.75, 3.05) is 17.2 Å². The molecule has 0 fully saturated rings. The number of ether oxygens (including phenoxy) is 1. The van der Waals surface area contributed by atoms with E-state index in [4.69, 9.17) is 16.3 Å². The normalized spacial score (nSPS) is 10.4. The number of nitrogens with one attached hydrogen (secondary N) is 2. The first-order chi connectivity index (χ1) is 13.4. The average molecular weight is 397 g/mol. The molecule has 2 aromatic carbocycles. The minimum absolute atomic E-state index is 0.336. The quantitative estimate of drug-likeness (QED) is 0.542. The van der Waals surface area contributed by atoms with Crippen LogP contribution in [0.1, 0.15) is 28.5 Å². The maximum absolute atomic E-state index is 11.7. The molecule has 0 radical (unpaired) electrons. The number of rotatable bonds is 6. The third-order valence-corrected chi connectivity index (χ3v) is 4.19. The molecule has 0 unspecified atom stereocenters. The summed E-state index contributed by atoms with van der Waals surface area (Å²) in [7, 11) is 0. The largest absolute Gasteiger partial charge is 0.462 e. The summed E-state index contributed by atoms with van der Waals surface area (Å²) in [6, 6.07) is 14.5. The second-order valence-corrected chi connectivity index (χ2v) is 6.66. The smallest absolute Gasteiger partial charge is 0.338 e. The Balaban J connectivity index is 1.77. The minimum atomic E-state index is -0.336. The molecule has 0 atom stereocenters. The number of hydrogen-bond acceptors (Lipinski definition) is 6. The molecule has 1 aromatic heterocycles. The van der Waals surface area contributed by atoms with E-state index in [1.54, 1.807) is 31.2 Å². The Labute approximate surface area is 168 Å². The van der Waals surface area contributed by atoms with E-state index in [2.05, 4.69) is 20.6 Å². The number of aryl methyl sites for hydroxylation is 2. The van der Waals surface area contributed by atoms with Gasteiger partial charge in [0.1, 0.15) is 5.82 Å². The topological polar surface area (TPSA) is 76.1 Å². The van der Waals surface area contributed by atoms with E-state index in [9.17, 15) is 4.79 Å². The van der Waals surface area contributed by atoms with Crippen LogP contribution in [0.4, 0.5) is 23.1 Å². The van der Waals surface area contributed by atoms with Crippen molar-refractivity contribution in [3.05, 3.63) is 70.4 Å². The summed E-state index contributed by atoms with van der Waals surface area (Å²) in [5.41, 5.74) is 4.02. The first-order valence-corrected chi connectivity index (χ1v) is 9.25. The number of carbonyl (C=O) groups excluding carboxylic acids is 1. The Bertz CT molecular complexity index is 990. The first kappa shape index (κ1) is 19.6. The van der Waals surface area contributed by atoms with Gasteiger partial charge in [-0.25, -0.2) is 9.78 Å². The van der Waals surface area contributed by atoms with E-state index in [1.807, 2.05) is 38.1 Å². The lowest BCUT2D eigenvalue weighted by molar-refractivity contribution is 0.0526. The van der Waals surface area contributed by atoms with Crippen LogP contribution in [-0.2, 0) is 4.74 Å². The number of halogens is 1. The number of hydrogen-bond donors (Lipinski definition) is 2. The molecule has 0 aliphatic heterocycles. The fourth-order valence-corrected chi connectivity index (χ4v) is 2.85. The van der Waals surface area contributed by atoms with Crippen molar-refractivity contribution in [3.63, 3.8) is 0 Å². The number of aromatic nitrogens is 2. The molecule has 3 rings (SSSR count). The Morgan fingerprint density at radius 2 is 1.79 bits per heavy atom. The van der Waals surface area contributed by atoms with Crippen molar-refractivity contribution >= 4 is 40.7 Å². The van der Waals surface area contributed by atoms with E-state index in [0.717, 1.165) is 22.6 Å². The highest BCUT2D eigenvalue weighted by molar-refractivity contribution is 6.30. The van der Waals surface area contributed by atoms with Gasteiger partial charge >= 0.3 is 5.97 Å². The van der Waals surface area contributed by atoms with Crippen LogP contribution in [0.15, 0.2) is 48.5 Å². The predicted octanol–water partition coefficient (Wildman–Crippen LogP) is 5.41. The third kappa shape index (κ3) is 4.98. The van der Waals surface area contributed by atoms with Crippen LogP contribution in [0.25, 0.3) is 0 Å². The molecule has 144 valence electrons. The maximum atomic E-state index is 11.7. The zero-order chi connectivity index (χ0) is 20.1. The van der Waals surface area contributed by atoms with Gasteiger partial charge in [0.2, 0.25) is 5.95 Å². The number of anilines is 4. The van der Waals surface area contributed by atoms with Crippen LogP contribution < -0.4 is 10.6 Å². The van der Waals surface area contributed by atoms with Gasteiger partial charge in [0.15, 0.2) is 0 Å². The van der Waals surface area contributed by atoms with Crippen LogP contribution >= 0.6 is 11.6 Å². The lowest BCUT2D eigenvalue weighted by atomic mass is 10.2. The predicted molar refractivity (Wildman–Crippen MR) is 112 cm³/mol. The van der Waals surface area contributed by atoms with E-state index in [-0.39, 0.29) is 5.97 Å². The monoisotopic (exact) mass is 396 g/mol. The molecule has 2 N–H and O–H groups in total. The first-order valence-electron chi connectivity index (χ1n) is 8.87. The Morgan fingerprint density at radius 1 is 1.04 bits per heavy atom. The van der Waals surface area contributed by atoms with Crippen LogP contribution in [0.2, 0.25) is 5.02 Å². The van der Waals surface area contributed by atoms with Gasteiger partial charge in [-0.05, 0) is 68.8 Å². The Hall–Kier alpha value is -3.12. The standard InChI is InChI=1S/C21H21ClN4O2/c1-4-28-20(27)15-5-8-17(9-6-15)24-19-12-14(3)23-21(26-19)25-18-10-7-16(22)11-13(18)2/h5-12H,4H2,1-3H3,(H2,23,24,25,26). The molecule has 0 saturated heterocycles. The van der Waals surface area contributed by atoms with E-state index in [0.29, 0.717) is 29.0 Å². The highest BCUT2D eigenvalue weighted by atomic mass is 35.5. The van der Waals surface area contributed by atoms with E-state index >= 15 is 0 Å². The number of nitrogens with zero attached hydrogens (tertiary/aromatic N) is 2. The zero-order valence-corrected chi connectivity index (χ0v) is 16.7. The van der Waals surface area contributed by atoms with Crippen molar-refractivity contribution in [3.8, 4) is 0 Å². The van der Waals surface area contributed by atoms with Gasteiger partial charge in [-0.2, -0.15) is 4.98 Å². The second-order valence-electron chi connectivity index (χ2n) is 6.23. The highest BCUT2D eigenvalue weighted by Gasteiger charge is 2.08. The van der Waals surface area contributed by atoms with Crippen LogP contribution in [0.3, 0.4) is 0 Å². The zero-order valence-electron chi connectivity index (χ0n) is 15.9. The van der Waals surface area contributed by atoms with Gasteiger partial charge in [-0.15, -0.1) is 0 Å². The summed E-state index contributed by atoms with van der Waals surface area (Å²) in [6.45, 7) is 6.00. The van der Waals surface area contributed by atoms with Crippen LogP contribution in [0.5, 0.6) is 0 Å². The second kappa shape index (κ2) is 8.71. The molecule has 0 amide bonds. The van der Waals surface area contributed by atoms with Gasteiger partial charge in [0.25, 0.3) is 0 Å². The number of esters is 1. The molecule has 0 saturated carbocycles. The molecule has 7 heteroatoms. The van der Waals surface area contributed by atoms with E-state index < -0.39 is 0 Å². The van der Waals surface area contributed by atoms with Crippen LogP contribution in [-0.4, -0.2) is 22.5 Å². The van der Waals surface area contributed by atoms with Crippen molar-refractivity contribution in [1.82, 2.24) is 9.97 Å². The third-order valence-electron chi connectivity index (χ3n) is 3.96. The fraction of sp³-hybridized carbons (Fsp3) is 0.190. The maximum Gasteiger partial charge on any atom is 0.338 e. The summed E-state index contributed by atoms with van der Waals surface area (Å²) in [4.78, 5) is 20.7. The lowest BCUT2D eigenvalue weighted by Gasteiger charge is -2.12. The summed E-state index contributed by atoms with van der Waals surface area (Å²) in [5, 5.41) is 7.13. The number of benzene rings is 2. The summed E-state index contributed by atoms with van der Waals surface area (Å²) in [5.74, 6) is 0.790. The molecule has 28 heavy (non-hydrogen) atoms. The molecule has 0 bridgehead atoms. The Kier molecular flexibility index (Phi) is 6.11. The molecule has 0 aliphatic rings. The van der Waals surface area contributed by atoms with Gasteiger partial charge in [-0.3, -0.25) is 0 Å². The molecular formula is C21H21ClN4O2. The molecular weight excluding hydrogens is 376 g/mol. The van der Waals surface area contributed by atoms with Gasteiger partial charge in [0.05, 0.1) is 12.2 Å². The lowest BCUT2D eigenvalue weighted by Crippen LogP contribution is -2.05. The van der Waals surface area contributed by atoms with Crippen molar-refractivity contribution < 1.29 is 9.53 Å². The molecule has 0 aliphatic carbocycles. The van der Waals surface area contributed by atoms with Crippen LogP contribution in [0, 0.1) is 13.8 Å². The minimum Gasteiger partial charge on any atom is -0.462 e. The van der Waals surface area contributed by atoms with Gasteiger partial charge in [0, 0.05) is 28.2 Å².